The van der Waals surface area contributed by atoms with Crippen LogP contribution in [-0.4, -0.2) is 40.0 Å². The van der Waals surface area contributed by atoms with Crippen molar-refractivity contribution in [1.82, 2.24) is 19.8 Å². The molecule has 0 aliphatic carbocycles. The summed E-state index contributed by atoms with van der Waals surface area (Å²) in [6, 6.07) is 10.5. The topological polar surface area (TPSA) is 50.2 Å². The predicted octanol–water partition coefficient (Wildman–Crippen LogP) is 2.23. The molecule has 0 bridgehead atoms. The third-order valence-electron chi connectivity index (χ3n) is 3.92. The van der Waals surface area contributed by atoms with E-state index in [1.165, 1.54) is 5.56 Å². The molecule has 1 atom stereocenters. The molecule has 0 unspecified atom stereocenters. The summed E-state index contributed by atoms with van der Waals surface area (Å²) in [7, 11) is 1.82. The van der Waals surface area contributed by atoms with Gasteiger partial charge in [0.25, 0.3) is 5.91 Å². The van der Waals surface area contributed by atoms with Crippen LogP contribution in [0.25, 0.3) is 0 Å². The monoisotopic (exact) mass is 300 g/mol. The number of likely N-dealkylation sites (N-methyl/N-ethyl adjacent to an activating group) is 1. The molecule has 2 aromatic rings. The average Bonchev–Trinajstić information content (AvgIpc) is 2.98. The van der Waals surface area contributed by atoms with Gasteiger partial charge in [-0.05, 0) is 18.7 Å². The molecule has 1 N–H and O–H groups in total. The zero-order valence-corrected chi connectivity index (χ0v) is 13.5. The van der Waals surface area contributed by atoms with Gasteiger partial charge in [-0.25, -0.2) is 4.98 Å². The van der Waals surface area contributed by atoms with Crippen LogP contribution in [0.4, 0.5) is 0 Å². The molecule has 5 nitrogen and oxygen atoms in total. The number of carbonyl (C=O) groups is 1. The van der Waals surface area contributed by atoms with E-state index in [1.807, 2.05) is 25.2 Å². The number of hydrogen-bond acceptors (Lipinski definition) is 3. The number of aryl methyl sites for hydroxylation is 1. The first kappa shape index (κ1) is 16.2. The van der Waals surface area contributed by atoms with Crippen molar-refractivity contribution in [3.63, 3.8) is 0 Å². The Labute approximate surface area is 132 Å². The maximum absolute atomic E-state index is 12.2. The van der Waals surface area contributed by atoms with Crippen LogP contribution in [0, 0.1) is 0 Å². The number of imidazole rings is 1. The van der Waals surface area contributed by atoms with E-state index >= 15 is 0 Å². The lowest BCUT2D eigenvalue weighted by Gasteiger charge is -2.30. The molecule has 0 aliphatic rings. The minimum atomic E-state index is -0.138. The Hall–Kier alpha value is -2.14. The summed E-state index contributed by atoms with van der Waals surface area (Å²) in [6.45, 7) is 6.72. The SMILES string of the molecule is CCN(CC)[C@@H](CNC(=O)c1nccn1C)c1ccccc1. The first-order valence-electron chi connectivity index (χ1n) is 7.71. The number of nitrogens with one attached hydrogen (secondary N) is 1. The summed E-state index contributed by atoms with van der Waals surface area (Å²) in [6.07, 6.45) is 3.40. The predicted molar refractivity (Wildman–Crippen MR) is 87.6 cm³/mol. The van der Waals surface area contributed by atoms with E-state index in [9.17, 15) is 4.79 Å². The number of carbonyl (C=O) groups excluding carboxylic acids is 1. The van der Waals surface area contributed by atoms with Gasteiger partial charge in [-0.2, -0.15) is 0 Å². The molecule has 0 aliphatic heterocycles. The Morgan fingerprint density at radius 1 is 1.27 bits per heavy atom. The van der Waals surface area contributed by atoms with Crippen LogP contribution in [-0.2, 0) is 7.05 Å². The Morgan fingerprint density at radius 3 is 2.50 bits per heavy atom. The highest BCUT2D eigenvalue weighted by molar-refractivity contribution is 5.90. The molecule has 118 valence electrons. The van der Waals surface area contributed by atoms with E-state index in [-0.39, 0.29) is 11.9 Å². The molecule has 0 fully saturated rings. The Morgan fingerprint density at radius 2 is 1.95 bits per heavy atom. The molecule has 0 saturated carbocycles. The number of rotatable bonds is 7. The fraction of sp³-hybridized carbons (Fsp3) is 0.412. The van der Waals surface area contributed by atoms with Gasteiger partial charge in [0.05, 0.1) is 6.04 Å². The van der Waals surface area contributed by atoms with Crippen LogP contribution < -0.4 is 5.32 Å². The van der Waals surface area contributed by atoms with Crippen molar-refractivity contribution in [2.24, 2.45) is 7.05 Å². The fourth-order valence-corrected chi connectivity index (χ4v) is 2.65. The lowest BCUT2D eigenvalue weighted by Crippen LogP contribution is -2.38. The highest BCUT2D eigenvalue weighted by atomic mass is 16.2. The van der Waals surface area contributed by atoms with Crippen molar-refractivity contribution in [3.05, 3.63) is 54.1 Å². The lowest BCUT2D eigenvalue weighted by molar-refractivity contribution is 0.0921. The van der Waals surface area contributed by atoms with Crippen molar-refractivity contribution >= 4 is 5.91 Å². The molecular weight excluding hydrogens is 276 g/mol. The van der Waals surface area contributed by atoms with E-state index < -0.39 is 0 Å². The summed E-state index contributed by atoms with van der Waals surface area (Å²) in [5, 5.41) is 3.01. The quantitative estimate of drug-likeness (QED) is 0.853. The molecule has 2 rings (SSSR count). The number of hydrogen-bond donors (Lipinski definition) is 1. The molecule has 1 heterocycles. The average molecular weight is 300 g/mol. The van der Waals surface area contributed by atoms with Crippen LogP contribution in [0.2, 0.25) is 0 Å². The van der Waals surface area contributed by atoms with Crippen LogP contribution in [0.3, 0.4) is 0 Å². The minimum absolute atomic E-state index is 0.138. The Bertz CT molecular complexity index is 590. The van der Waals surface area contributed by atoms with Crippen LogP contribution >= 0.6 is 0 Å². The molecule has 22 heavy (non-hydrogen) atoms. The maximum atomic E-state index is 12.2. The van der Waals surface area contributed by atoms with Crippen molar-refractivity contribution in [2.45, 2.75) is 19.9 Å². The summed E-state index contributed by atoms with van der Waals surface area (Å²) < 4.78 is 1.73. The molecule has 0 radical (unpaired) electrons. The highest BCUT2D eigenvalue weighted by Crippen LogP contribution is 2.19. The maximum Gasteiger partial charge on any atom is 0.287 e. The summed E-state index contributed by atoms with van der Waals surface area (Å²) >= 11 is 0. The van der Waals surface area contributed by atoms with Gasteiger partial charge in [0.1, 0.15) is 0 Å². The number of benzene rings is 1. The zero-order chi connectivity index (χ0) is 15.9. The summed E-state index contributed by atoms with van der Waals surface area (Å²) in [5.41, 5.74) is 1.21. The number of nitrogens with zero attached hydrogens (tertiary/aromatic N) is 3. The van der Waals surface area contributed by atoms with Gasteiger partial charge in [-0.3, -0.25) is 9.69 Å². The largest absolute Gasteiger partial charge is 0.347 e. The van der Waals surface area contributed by atoms with Crippen molar-refractivity contribution in [1.29, 1.82) is 0 Å². The van der Waals surface area contributed by atoms with E-state index in [2.05, 4.69) is 41.2 Å². The van der Waals surface area contributed by atoms with Gasteiger partial charge in [-0.15, -0.1) is 0 Å². The highest BCUT2D eigenvalue weighted by Gasteiger charge is 2.20. The van der Waals surface area contributed by atoms with Crippen LogP contribution in [0.1, 0.15) is 36.1 Å². The van der Waals surface area contributed by atoms with Gasteiger partial charge >= 0.3 is 0 Å². The van der Waals surface area contributed by atoms with Crippen molar-refractivity contribution < 1.29 is 4.79 Å². The van der Waals surface area contributed by atoms with Gasteiger partial charge in [0, 0.05) is 26.0 Å². The van der Waals surface area contributed by atoms with E-state index in [0.29, 0.717) is 12.4 Å². The van der Waals surface area contributed by atoms with E-state index in [1.54, 1.807) is 17.0 Å². The molecule has 1 aromatic heterocycles. The standard InChI is InChI=1S/C17H24N4O/c1-4-21(5-2)15(14-9-7-6-8-10-14)13-19-17(22)16-18-11-12-20(16)3/h6-12,15H,4-5,13H2,1-3H3,(H,19,22)/t15-/m0/s1. The second kappa shape index (κ2) is 7.75. The molecule has 1 amide bonds. The Balaban J connectivity index is 2.10. The van der Waals surface area contributed by atoms with Crippen molar-refractivity contribution in [3.8, 4) is 0 Å². The van der Waals surface area contributed by atoms with Gasteiger partial charge in [0.15, 0.2) is 5.82 Å². The molecule has 0 saturated heterocycles. The van der Waals surface area contributed by atoms with Gasteiger partial charge in [-0.1, -0.05) is 44.2 Å². The van der Waals surface area contributed by atoms with E-state index in [0.717, 1.165) is 13.1 Å². The summed E-state index contributed by atoms with van der Waals surface area (Å²) in [5.74, 6) is 0.298. The van der Waals surface area contributed by atoms with Crippen LogP contribution in [0.15, 0.2) is 42.7 Å². The van der Waals surface area contributed by atoms with Crippen molar-refractivity contribution in [2.75, 3.05) is 19.6 Å². The molecule has 1 aromatic carbocycles. The normalized spacial score (nSPS) is 12.4. The van der Waals surface area contributed by atoms with Crippen LogP contribution in [0.5, 0.6) is 0 Å². The number of amides is 1. The molecule has 0 spiro atoms. The Kier molecular flexibility index (Phi) is 5.72. The molecular formula is C17H24N4O. The second-order valence-corrected chi connectivity index (χ2v) is 5.22. The second-order valence-electron chi connectivity index (χ2n) is 5.22. The first-order valence-corrected chi connectivity index (χ1v) is 7.71. The van der Waals surface area contributed by atoms with Gasteiger partial charge in [0.2, 0.25) is 0 Å². The first-order chi connectivity index (χ1) is 10.7. The molecule has 5 heteroatoms. The third kappa shape index (κ3) is 3.74. The smallest absolute Gasteiger partial charge is 0.287 e. The summed E-state index contributed by atoms with van der Waals surface area (Å²) in [4.78, 5) is 18.7. The third-order valence-corrected chi connectivity index (χ3v) is 3.92. The minimum Gasteiger partial charge on any atom is -0.347 e. The lowest BCUT2D eigenvalue weighted by atomic mass is 10.1. The van der Waals surface area contributed by atoms with Gasteiger partial charge < -0.3 is 9.88 Å². The van der Waals surface area contributed by atoms with E-state index in [4.69, 9.17) is 0 Å². The fourth-order valence-electron chi connectivity index (χ4n) is 2.65. The zero-order valence-electron chi connectivity index (χ0n) is 13.5. The number of aromatic nitrogens is 2.